The molecule has 0 rings (SSSR count). The Morgan fingerprint density at radius 2 is 0.250 bits per heavy atom. The Labute approximate surface area is 139 Å². The van der Waals surface area contributed by atoms with Crippen LogP contribution in [0.1, 0.15) is 0 Å². The van der Waals surface area contributed by atoms with E-state index in [0.717, 1.165) is 0 Å². The zero-order valence-electron chi connectivity index (χ0n) is 4.00. The fraction of sp³-hybridized carbons (Fsp3) is 0. The van der Waals surface area contributed by atoms with Crippen LogP contribution in [0.3, 0.4) is 0 Å². The summed E-state index contributed by atoms with van der Waals surface area (Å²) in [6, 6.07) is 0. The number of hydrogen-bond acceptors (Lipinski definition) is 0. The molecule has 8 heteroatoms. The van der Waals surface area contributed by atoms with Crippen molar-refractivity contribution in [3.63, 3.8) is 0 Å². The van der Waals surface area contributed by atoms with E-state index in [-0.39, 0.29) is 141 Å². The van der Waals surface area contributed by atoms with Gasteiger partial charge < -0.3 is 0 Å². The van der Waals surface area contributed by atoms with Gasteiger partial charge >= 0.3 is 0 Å². The Morgan fingerprint density at radius 3 is 0.250 bits per heavy atom. The number of hydrogen-bond donors (Lipinski definition) is 0. The second-order valence-electron chi connectivity index (χ2n) is 0. The average molecular weight is 324 g/mol. The molecule has 0 atom stereocenters. The van der Waals surface area contributed by atoms with Crippen LogP contribution in [0.25, 0.3) is 0 Å². The molecule has 0 aliphatic rings. The first-order valence-electron chi connectivity index (χ1n) is 0. The Hall–Kier alpha value is 4.22. The predicted molar refractivity (Wildman–Crippen MR) is 17.3 cm³/mol. The maximum atomic E-state index is 0. The molecule has 0 amide bonds. The quantitative estimate of drug-likeness (QED) is 0.494. The second-order valence-corrected chi connectivity index (χ2v) is 0. The molecule has 0 bridgehead atoms. The summed E-state index contributed by atoms with van der Waals surface area (Å²) in [5.41, 5.74) is 0. The van der Waals surface area contributed by atoms with Gasteiger partial charge in [0.2, 0.25) is 0 Å². The average Bonchev–Trinajstić information content (AvgIpc) is 0. The maximum Gasteiger partial charge on any atom is 0 e. The second kappa shape index (κ2) is 65.8. The van der Waals surface area contributed by atoms with Gasteiger partial charge in [0.15, 0.2) is 0 Å². The van der Waals surface area contributed by atoms with Crippen molar-refractivity contribution in [2.75, 3.05) is 0 Å². The molecular formula is Si3Ti5. The zero-order chi connectivity index (χ0) is 0. The van der Waals surface area contributed by atoms with Gasteiger partial charge in [0.25, 0.3) is 0 Å². The van der Waals surface area contributed by atoms with Gasteiger partial charge in [-0.15, -0.1) is 0 Å². The van der Waals surface area contributed by atoms with Gasteiger partial charge in [0, 0.05) is 141 Å². The van der Waals surface area contributed by atoms with Crippen molar-refractivity contribution in [1.82, 2.24) is 0 Å². The topological polar surface area (TPSA) is 0 Å². The summed E-state index contributed by atoms with van der Waals surface area (Å²) in [5.74, 6) is 0. The summed E-state index contributed by atoms with van der Waals surface area (Å²) in [5, 5.41) is 0. The summed E-state index contributed by atoms with van der Waals surface area (Å²) < 4.78 is 0. The van der Waals surface area contributed by atoms with Crippen molar-refractivity contribution in [3.05, 3.63) is 0 Å². The van der Waals surface area contributed by atoms with Crippen molar-refractivity contribution < 1.29 is 109 Å². The molecule has 0 fully saturated rings. The van der Waals surface area contributed by atoms with E-state index in [1.807, 2.05) is 0 Å². The molecule has 32 valence electrons. The number of rotatable bonds is 0. The van der Waals surface area contributed by atoms with E-state index in [9.17, 15) is 0 Å². The van der Waals surface area contributed by atoms with Crippen molar-refractivity contribution in [1.29, 1.82) is 0 Å². The van der Waals surface area contributed by atoms with Crippen LogP contribution in [-0.4, -0.2) is 32.9 Å². The minimum absolute atomic E-state index is 0. The SMILES string of the molecule is [Si].[Si].[Si].[Ti].[Ti].[Ti].[Ti].[Ti]. The summed E-state index contributed by atoms with van der Waals surface area (Å²) in [6.45, 7) is 0. The molecule has 0 nitrogen and oxygen atoms in total. The molecule has 0 unspecified atom stereocenters. The molecule has 0 heterocycles. The van der Waals surface area contributed by atoms with E-state index in [1.165, 1.54) is 0 Å². The minimum Gasteiger partial charge on any atom is 0 e. The molecule has 0 aromatic heterocycles. The van der Waals surface area contributed by atoms with Crippen LogP contribution in [0, 0.1) is 0 Å². The maximum absolute atomic E-state index is 0. The zero-order valence-corrected chi connectivity index (χ0v) is 14.8. The Morgan fingerprint density at radius 1 is 0.250 bits per heavy atom. The summed E-state index contributed by atoms with van der Waals surface area (Å²) in [6.07, 6.45) is 0. The van der Waals surface area contributed by atoms with Gasteiger partial charge in [-0.3, -0.25) is 0 Å². The monoisotopic (exact) mass is 324 g/mol. The smallest absolute Gasteiger partial charge is 0 e. The molecule has 0 saturated carbocycles. The molecule has 0 saturated heterocycles. The van der Waals surface area contributed by atoms with E-state index in [0.29, 0.717) is 0 Å². The Balaban J connectivity index is 0. The largest absolute Gasteiger partial charge is 0 e. The van der Waals surface area contributed by atoms with E-state index < -0.39 is 0 Å². The Kier molecular flexibility index (Phi) is 710. The summed E-state index contributed by atoms with van der Waals surface area (Å²) in [4.78, 5) is 0. The fourth-order valence-electron chi connectivity index (χ4n) is 0. The third kappa shape index (κ3) is 48.8. The molecule has 0 aromatic carbocycles. The molecule has 0 N–H and O–H groups in total. The van der Waals surface area contributed by atoms with Crippen molar-refractivity contribution >= 4 is 32.9 Å². The molecule has 0 aliphatic heterocycles. The first kappa shape index (κ1) is 86.3. The minimum atomic E-state index is 0. The van der Waals surface area contributed by atoms with Crippen molar-refractivity contribution in [2.24, 2.45) is 0 Å². The third-order valence-corrected chi connectivity index (χ3v) is 0. The Bertz CT molecular complexity index is 7.64. The van der Waals surface area contributed by atoms with Crippen LogP contribution in [0.15, 0.2) is 0 Å². The summed E-state index contributed by atoms with van der Waals surface area (Å²) >= 11 is 0. The van der Waals surface area contributed by atoms with Crippen LogP contribution in [0.5, 0.6) is 0 Å². The van der Waals surface area contributed by atoms with Gasteiger partial charge in [-0.05, 0) is 0 Å². The van der Waals surface area contributed by atoms with Gasteiger partial charge in [0.1, 0.15) is 0 Å². The molecule has 0 spiro atoms. The van der Waals surface area contributed by atoms with Crippen LogP contribution in [0.2, 0.25) is 0 Å². The first-order chi connectivity index (χ1) is 0. The van der Waals surface area contributed by atoms with Gasteiger partial charge in [0.05, 0.1) is 0 Å². The van der Waals surface area contributed by atoms with Gasteiger partial charge in [-0.1, -0.05) is 0 Å². The van der Waals surface area contributed by atoms with Gasteiger partial charge in [-0.25, -0.2) is 0 Å². The molecule has 8 heavy (non-hydrogen) atoms. The standard InChI is InChI=1S/3Si.5Ti. The normalized spacial score (nSPS) is 0. The van der Waals surface area contributed by atoms with Crippen LogP contribution in [-0.2, 0) is 109 Å². The first-order valence-corrected chi connectivity index (χ1v) is 0. The van der Waals surface area contributed by atoms with E-state index in [2.05, 4.69) is 0 Å². The molecule has 0 aliphatic carbocycles. The van der Waals surface area contributed by atoms with E-state index in [1.54, 1.807) is 0 Å². The van der Waals surface area contributed by atoms with E-state index >= 15 is 0 Å². The van der Waals surface area contributed by atoms with E-state index in [4.69, 9.17) is 0 Å². The van der Waals surface area contributed by atoms with Crippen LogP contribution >= 0.6 is 0 Å². The third-order valence-electron chi connectivity index (χ3n) is 0. The molecule has 12 radical (unpaired) electrons. The van der Waals surface area contributed by atoms with Crippen LogP contribution < -0.4 is 0 Å². The van der Waals surface area contributed by atoms with Crippen molar-refractivity contribution in [3.8, 4) is 0 Å². The molecular weight excluding hydrogens is 324 g/mol. The fourth-order valence-corrected chi connectivity index (χ4v) is 0. The van der Waals surface area contributed by atoms with Gasteiger partial charge in [-0.2, -0.15) is 0 Å². The van der Waals surface area contributed by atoms with Crippen molar-refractivity contribution in [2.45, 2.75) is 0 Å². The van der Waals surface area contributed by atoms with Crippen LogP contribution in [0.4, 0.5) is 0 Å². The predicted octanol–water partition coefficient (Wildman–Crippen LogP) is -1.15. The molecule has 0 aromatic rings. The summed E-state index contributed by atoms with van der Waals surface area (Å²) in [7, 11) is 0.